The molecular weight excluding hydrogens is 420 g/mol. The Labute approximate surface area is 163 Å². The highest BCUT2D eigenvalue weighted by atomic mass is 79.9. The van der Waals surface area contributed by atoms with E-state index in [0.29, 0.717) is 40.1 Å². The third-order valence-corrected chi connectivity index (χ3v) is 6.06. The number of hydrogen-bond acceptors (Lipinski definition) is 5. The summed E-state index contributed by atoms with van der Waals surface area (Å²) < 4.78 is 5.58. The molecule has 2 heterocycles. The summed E-state index contributed by atoms with van der Waals surface area (Å²) in [7, 11) is 1.32. The molecule has 1 aliphatic heterocycles. The van der Waals surface area contributed by atoms with Crippen LogP contribution in [-0.4, -0.2) is 36.3 Å². The van der Waals surface area contributed by atoms with Crippen molar-refractivity contribution in [2.75, 3.05) is 19.0 Å². The van der Waals surface area contributed by atoms with Crippen LogP contribution < -0.4 is 5.32 Å². The lowest BCUT2D eigenvalue weighted by Gasteiger charge is -2.25. The summed E-state index contributed by atoms with van der Waals surface area (Å²) in [6, 6.07) is 7.06. The fourth-order valence-electron chi connectivity index (χ4n) is 2.89. The predicted octanol–water partition coefficient (Wildman–Crippen LogP) is 3.45. The van der Waals surface area contributed by atoms with Crippen molar-refractivity contribution in [1.29, 1.82) is 0 Å². The number of methoxy groups -OCH3 is 1. The number of nitrogens with zero attached hydrogens (tertiary/aromatic N) is 1. The van der Waals surface area contributed by atoms with Crippen LogP contribution in [-0.2, 0) is 22.5 Å². The van der Waals surface area contributed by atoms with Gasteiger partial charge in [0.2, 0.25) is 5.91 Å². The van der Waals surface area contributed by atoms with E-state index < -0.39 is 5.97 Å². The van der Waals surface area contributed by atoms with Crippen molar-refractivity contribution in [2.24, 2.45) is 0 Å². The highest BCUT2D eigenvalue weighted by Crippen LogP contribution is 2.38. The molecule has 1 N–H and O–H groups in total. The monoisotopic (exact) mass is 436 g/mol. The van der Waals surface area contributed by atoms with Crippen LogP contribution in [0.25, 0.3) is 0 Å². The summed E-state index contributed by atoms with van der Waals surface area (Å²) in [6.07, 6.45) is 0.556. The van der Waals surface area contributed by atoms with Crippen molar-refractivity contribution in [3.05, 3.63) is 50.3 Å². The maximum absolute atomic E-state index is 12.6. The molecular formula is C18H17BrN2O4S. The SMILES string of the molecule is COC(=O)c1c(NC(=O)c2ccccc2Br)sc2c1CCN(C(C)=O)C2. The van der Waals surface area contributed by atoms with Crippen molar-refractivity contribution in [3.63, 3.8) is 0 Å². The smallest absolute Gasteiger partial charge is 0.341 e. The number of carbonyl (C=O) groups excluding carboxylic acids is 3. The van der Waals surface area contributed by atoms with Gasteiger partial charge in [-0.05, 0) is 40.0 Å². The highest BCUT2D eigenvalue weighted by Gasteiger charge is 2.30. The molecule has 0 bridgehead atoms. The van der Waals surface area contributed by atoms with Crippen LogP contribution in [0.3, 0.4) is 0 Å². The molecule has 1 aromatic heterocycles. The van der Waals surface area contributed by atoms with Crippen LogP contribution in [0.5, 0.6) is 0 Å². The third kappa shape index (κ3) is 3.52. The van der Waals surface area contributed by atoms with Gasteiger partial charge in [-0.2, -0.15) is 0 Å². The van der Waals surface area contributed by atoms with E-state index in [4.69, 9.17) is 4.74 Å². The Hall–Kier alpha value is -2.19. The fraction of sp³-hybridized carbons (Fsp3) is 0.278. The van der Waals surface area contributed by atoms with E-state index in [1.807, 2.05) is 6.07 Å². The maximum atomic E-state index is 12.6. The van der Waals surface area contributed by atoms with Crippen LogP contribution in [0.4, 0.5) is 5.00 Å². The third-order valence-electron chi connectivity index (χ3n) is 4.24. The van der Waals surface area contributed by atoms with Crippen molar-refractivity contribution < 1.29 is 19.1 Å². The summed E-state index contributed by atoms with van der Waals surface area (Å²) in [6.45, 7) is 2.50. The summed E-state index contributed by atoms with van der Waals surface area (Å²) in [5.41, 5.74) is 1.71. The molecule has 136 valence electrons. The van der Waals surface area contributed by atoms with Gasteiger partial charge < -0.3 is 15.0 Å². The zero-order valence-electron chi connectivity index (χ0n) is 14.3. The van der Waals surface area contributed by atoms with E-state index in [1.54, 1.807) is 23.1 Å². The average Bonchev–Trinajstić information content (AvgIpc) is 2.98. The standard InChI is InChI=1S/C18H17BrN2O4S/c1-10(22)21-8-7-12-14(9-21)26-17(15(12)18(24)25-2)20-16(23)11-5-3-4-6-13(11)19/h3-6H,7-9H2,1-2H3,(H,20,23). The maximum Gasteiger partial charge on any atom is 0.341 e. The van der Waals surface area contributed by atoms with Gasteiger partial charge in [0.1, 0.15) is 5.00 Å². The Kier molecular flexibility index (Phi) is 5.43. The normalized spacial score (nSPS) is 13.1. The van der Waals surface area contributed by atoms with Gasteiger partial charge in [-0.3, -0.25) is 9.59 Å². The Balaban J connectivity index is 1.97. The minimum absolute atomic E-state index is 0.0116. The lowest BCUT2D eigenvalue weighted by atomic mass is 10.0. The lowest BCUT2D eigenvalue weighted by molar-refractivity contribution is -0.129. The van der Waals surface area contributed by atoms with E-state index in [0.717, 1.165) is 10.4 Å². The van der Waals surface area contributed by atoms with Crippen LogP contribution in [0.2, 0.25) is 0 Å². The molecule has 0 atom stereocenters. The number of halogens is 1. The van der Waals surface area contributed by atoms with Crippen LogP contribution in [0.15, 0.2) is 28.7 Å². The molecule has 6 nitrogen and oxygen atoms in total. The number of hydrogen-bond donors (Lipinski definition) is 1. The second-order valence-electron chi connectivity index (χ2n) is 5.82. The minimum atomic E-state index is -0.485. The second-order valence-corrected chi connectivity index (χ2v) is 7.78. The molecule has 0 aliphatic carbocycles. The first-order valence-corrected chi connectivity index (χ1v) is 9.57. The molecule has 0 saturated heterocycles. The fourth-order valence-corrected chi connectivity index (χ4v) is 4.61. The van der Waals surface area contributed by atoms with E-state index >= 15 is 0 Å². The van der Waals surface area contributed by atoms with Crippen LogP contribution in [0.1, 0.15) is 38.1 Å². The van der Waals surface area contributed by atoms with Gasteiger partial charge in [0.25, 0.3) is 5.91 Å². The van der Waals surface area contributed by atoms with Crippen LogP contribution >= 0.6 is 27.3 Å². The van der Waals surface area contributed by atoms with Crippen molar-refractivity contribution >= 4 is 50.1 Å². The van der Waals surface area contributed by atoms with Gasteiger partial charge >= 0.3 is 5.97 Å². The van der Waals surface area contributed by atoms with Gasteiger partial charge in [-0.25, -0.2) is 4.79 Å². The van der Waals surface area contributed by atoms with E-state index in [2.05, 4.69) is 21.2 Å². The summed E-state index contributed by atoms with van der Waals surface area (Å²) >= 11 is 4.67. The number of amides is 2. The molecule has 0 fully saturated rings. The minimum Gasteiger partial charge on any atom is -0.465 e. The molecule has 0 spiro atoms. The highest BCUT2D eigenvalue weighted by molar-refractivity contribution is 9.10. The average molecular weight is 437 g/mol. The van der Waals surface area contributed by atoms with E-state index in [-0.39, 0.29) is 11.8 Å². The Morgan fingerprint density at radius 2 is 2.00 bits per heavy atom. The predicted molar refractivity (Wildman–Crippen MR) is 103 cm³/mol. The zero-order valence-corrected chi connectivity index (χ0v) is 16.7. The Morgan fingerprint density at radius 3 is 2.65 bits per heavy atom. The molecule has 1 aliphatic rings. The van der Waals surface area contributed by atoms with Gasteiger partial charge in [-0.1, -0.05) is 12.1 Å². The number of nitrogens with one attached hydrogen (secondary N) is 1. The first kappa shape index (κ1) is 18.6. The molecule has 8 heteroatoms. The first-order valence-electron chi connectivity index (χ1n) is 7.96. The van der Waals surface area contributed by atoms with Crippen LogP contribution in [0, 0.1) is 0 Å². The largest absolute Gasteiger partial charge is 0.465 e. The first-order chi connectivity index (χ1) is 12.4. The van der Waals surface area contributed by atoms with E-state index in [1.165, 1.54) is 25.4 Å². The van der Waals surface area contributed by atoms with Gasteiger partial charge in [-0.15, -0.1) is 11.3 Å². The van der Waals surface area contributed by atoms with Crippen molar-refractivity contribution in [3.8, 4) is 0 Å². The number of rotatable bonds is 3. The van der Waals surface area contributed by atoms with Gasteiger partial charge in [0, 0.05) is 22.8 Å². The molecule has 2 aromatic rings. The Morgan fingerprint density at radius 1 is 1.27 bits per heavy atom. The number of esters is 1. The Bertz CT molecular complexity index is 893. The topological polar surface area (TPSA) is 75.7 Å². The molecule has 0 radical (unpaired) electrons. The zero-order chi connectivity index (χ0) is 18.8. The number of ether oxygens (including phenoxy) is 1. The van der Waals surface area contributed by atoms with Gasteiger partial charge in [0.05, 0.1) is 24.8 Å². The van der Waals surface area contributed by atoms with E-state index in [9.17, 15) is 14.4 Å². The lowest BCUT2D eigenvalue weighted by Crippen LogP contribution is -2.33. The molecule has 0 saturated carbocycles. The molecule has 0 unspecified atom stereocenters. The molecule has 26 heavy (non-hydrogen) atoms. The quantitative estimate of drug-likeness (QED) is 0.747. The van der Waals surface area contributed by atoms with Crippen molar-refractivity contribution in [2.45, 2.75) is 19.9 Å². The number of carbonyl (C=O) groups is 3. The number of anilines is 1. The number of fused-ring (bicyclic) bond motifs is 1. The number of benzene rings is 1. The second kappa shape index (κ2) is 7.59. The molecule has 3 rings (SSSR count). The molecule has 2 amide bonds. The summed E-state index contributed by atoms with van der Waals surface area (Å²) in [5, 5.41) is 3.28. The number of thiophene rings is 1. The van der Waals surface area contributed by atoms with Crippen molar-refractivity contribution in [1.82, 2.24) is 4.90 Å². The van der Waals surface area contributed by atoms with Gasteiger partial charge in [0.15, 0.2) is 0 Å². The summed E-state index contributed by atoms with van der Waals surface area (Å²) in [5.74, 6) is -0.812. The summed E-state index contributed by atoms with van der Waals surface area (Å²) in [4.78, 5) is 39.2. The molecule has 1 aromatic carbocycles.